The number of nitrogens with one attached hydrogen (secondary N) is 2. The summed E-state index contributed by atoms with van der Waals surface area (Å²) < 4.78 is 7.10. The second-order valence-electron chi connectivity index (χ2n) is 5.76. The van der Waals surface area contributed by atoms with Crippen LogP contribution in [-0.4, -0.2) is 39.1 Å². The van der Waals surface area contributed by atoms with Gasteiger partial charge in [0.2, 0.25) is 5.91 Å². The monoisotopic (exact) mass is 348 g/mol. The molecule has 1 aliphatic rings. The highest BCUT2D eigenvalue weighted by Crippen LogP contribution is 2.18. The van der Waals surface area contributed by atoms with Crippen molar-refractivity contribution in [2.24, 2.45) is 0 Å². The lowest BCUT2D eigenvalue weighted by Gasteiger charge is -2.11. The summed E-state index contributed by atoms with van der Waals surface area (Å²) in [5.41, 5.74) is 1.62. The number of H-pyrrole nitrogens is 1. The second-order valence-corrected chi connectivity index (χ2v) is 6.70. The van der Waals surface area contributed by atoms with Crippen molar-refractivity contribution in [2.45, 2.75) is 37.6 Å². The van der Waals surface area contributed by atoms with E-state index in [1.165, 1.54) is 11.8 Å². The first-order valence-electron chi connectivity index (χ1n) is 7.88. The van der Waals surface area contributed by atoms with E-state index in [4.69, 9.17) is 4.74 Å². The molecule has 0 spiro atoms. The molecule has 8 heteroatoms. The molecule has 1 aliphatic heterocycles. The third-order valence-electron chi connectivity index (χ3n) is 3.80. The molecule has 0 radical (unpaired) electrons. The SMILES string of the molecule is Cc1ccc(NC(=O)CSc2n[nH]c(=O)n2C[C@H]2CCCO2)cc1. The standard InChI is InChI=1S/C16H20N4O3S/c1-11-4-6-12(7-5-11)17-14(21)10-24-16-19-18-15(22)20(16)9-13-3-2-8-23-13/h4-7,13H,2-3,8-10H2,1H3,(H,17,21)(H,18,22)/t13-/m1/s1. The zero-order valence-electron chi connectivity index (χ0n) is 13.4. The van der Waals surface area contributed by atoms with E-state index in [-0.39, 0.29) is 23.5 Å². The number of hydrogen-bond acceptors (Lipinski definition) is 5. The molecule has 2 aromatic rings. The summed E-state index contributed by atoms with van der Waals surface area (Å²) in [4.78, 5) is 23.9. The van der Waals surface area contributed by atoms with Crippen molar-refractivity contribution in [1.82, 2.24) is 14.8 Å². The van der Waals surface area contributed by atoms with Gasteiger partial charge < -0.3 is 10.1 Å². The fraction of sp³-hybridized carbons (Fsp3) is 0.438. The third kappa shape index (κ3) is 4.27. The van der Waals surface area contributed by atoms with Gasteiger partial charge in [0.1, 0.15) is 0 Å². The van der Waals surface area contributed by atoms with Gasteiger partial charge in [-0.3, -0.25) is 9.36 Å². The number of thioether (sulfide) groups is 1. The fourth-order valence-corrected chi connectivity index (χ4v) is 3.29. The molecule has 1 amide bonds. The number of aromatic nitrogens is 3. The molecule has 1 atom stereocenters. The number of hydrogen-bond donors (Lipinski definition) is 2. The van der Waals surface area contributed by atoms with Gasteiger partial charge in [-0.2, -0.15) is 0 Å². The van der Waals surface area contributed by atoms with E-state index < -0.39 is 0 Å². The second kappa shape index (κ2) is 7.67. The summed E-state index contributed by atoms with van der Waals surface area (Å²) >= 11 is 1.23. The van der Waals surface area contributed by atoms with Crippen molar-refractivity contribution in [3.63, 3.8) is 0 Å². The van der Waals surface area contributed by atoms with E-state index in [0.717, 1.165) is 30.7 Å². The van der Waals surface area contributed by atoms with E-state index in [9.17, 15) is 9.59 Å². The van der Waals surface area contributed by atoms with Gasteiger partial charge in [-0.05, 0) is 31.9 Å². The van der Waals surface area contributed by atoms with Crippen molar-refractivity contribution in [3.05, 3.63) is 40.3 Å². The highest BCUT2D eigenvalue weighted by atomic mass is 32.2. The molecule has 1 saturated heterocycles. The van der Waals surface area contributed by atoms with Gasteiger partial charge in [0.25, 0.3) is 0 Å². The summed E-state index contributed by atoms with van der Waals surface area (Å²) in [6, 6.07) is 7.60. The fourth-order valence-electron chi connectivity index (χ4n) is 2.53. The van der Waals surface area contributed by atoms with E-state index in [1.807, 2.05) is 31.2 Å². The maximum absolute atomic E-state index is 12.1. The summed E-state index contributed by atoms with van der Waals surface area (Å²) in [7, 11) is 0. The van der Waals surface area contributed by atoms with E-state index in [2.05, 4.69) is 15.5 Å². The van der Waals surface area contributed by atoms with Gasteiger partial charge >= 0.3 is 5.69 Å². The van der Waals surface area contributed by atoms with Gasteiger partial charge in [-0.15, -0.1) is 5.10 Å². The van der Waals surface area contributed by atoms with Crippen LogP contribution in [0, 0.1) is 6.92 Å². The van der Waals surface area contributed by atoms with E-state index in [0.29, 0.717) is 11.7 Å². The molecule has 128 valence electrons. The first-order chi connectivity index (χ1) is 11.6. The van der Waals surface area contributed by atoms with Gasteiger partial charge in [-0.1, -0.05) is 29.5 Å². The van der Waals surface area contributed by atoms with Crippen molar-refractivity contribution in [2.75, 3.05) is 17.7 Å². The minimum atomic E-state index is -0.271. The van der Waals surface area contributed by atoms with Crippen molar-refractivity contribution in [1.29, 1.82) is 0 Å². The van der Waals surface area contributed by atoms with Gasteiger partial charge in [0.15, 0.2) is 5.16 Å². The average Bonchev–Trinajstić information content (AvgIpc) is 3.19. The topological polar surface area (TPSA) is 89.0 Å². The van der Waals surface area contributed by atoms with Crippen LogP contribution >= 0.6 is 11.8 Å². The summed E-state index contributed by atoms with van der Waals surface area (Å²) in [6.45, 7) is 3.20. The molecule has 2 heterocycles. The van der Waals surface area contributed by atoms with Crippen molar-refractivity contribution >= 4 is 23.4 Å². The number of ether oxygens (including phenoxy) is 1. The third-order valence-corrected chi connectivity index (χ3v) is 4.78. The predicted octanol–water partition coefficient (Wildman–Crippen LogP) is 1.79. The van der Waals surface area contributed by atoms with Crippen LogP contribution in [0.4, 0.5) is 5.69 Å². The average molecular weight is 348 g/mol. The van der Waals surface area contributed by atoms with Crippen LogP contribution in [-0.2, 0) is 16.1 Å². The number of benzene rings is 1. The number of aromatic amines is 1. The Kier molecular flexibility index (Phi) is 5.37. The normalized spacial score (nSPS) is 17.1. The highest BCUT2D eigenvalue weighted by molar-refractivity contribution is 7.99. The zero-order valence-corrected chi connectivity index (χ0v) is 14.3. The molecule has 2 N–H and O–H groups in total. The number of aryl methyl sites for hydroxylation is 1. The largest absolute Gasteiger partial charge is 0.376 e. The lowest BCUT2D eigenvalue weighted by molar-refractivity contribution is -0.113. The molecule has 1 aromatic heterocycles. The lowest BCUT2D eigenvalue weighted by Crippen LogP contribution is -2.25. The molecule has 1 aromatic carbocycles. The van der Waals surface area contributed by atoms with Crippen LogP contribution in [0.25, 0.3) is 0 Å². The number of carbonyl (C=O) groups excluding carboxylic acids is 1. The van der Waals surface area contributed by atoms with Crippen molar-refractivity contribution in [3.8, 4) is 0 Å². The Morgan fingerprint density at radius 2 is 2.25 bits per heavy atom. The van der Waals surface area contributed by atoms with E-state index in [1.54, 1.807) is 4.57 Å². The molecule has 24 heavy (non-hydrogen) atoms. The lowest BCUT2D eigenvalue weighted by atomic mass is 10.2. The number of anilines is 1. The maximum Gasteiger partial charge on any atom is 0.344 e. The van der Waals surface area contributed by atoms with Crippen LogP contribution < -0.4 is 11.0 Å². The summed E-state index contributed by atoms with van der Waals surface area (Å²) in [5, 5.41) is 9.78. The Bertz CT molecular complexity index is 747. The predicted molar refractivity (Wildman–Crippen MR) is 92.4 cm³/mol. The molecule has 7 nitrogen and oxygen atoms in total. The minimum absolute atomic E-state index is 0.0426. The number of amides is 1. The zero-order chi connectivity index (χ0) is 16.9. The first kappa shape index (κ1) is 16.8. The Balaban J connectivity index is 1.57. The van der Waals surface area contributed by atoms with Crippen molar-refractivity contribution < 1.29 is 9.53 Å². The van der Waals surface area contributed by atoms with Crippen LogP contribution in [0.5, 0.6) is 0 Å². The Morgan fingerprint density at radius 3 is 2.96 bits per heavy atom. The van der Waals surface area contributed by atoms with Gasteiger partial charge in [0.05, 0.1) is 18.4 Å². The molecule has 0 unspecified atom stereocenters. The van der Waals surface area contributed by atoms with Gasteiger partial charge in [0, 0.05) is 12.3 Å². The molecule has 0 aliphatic carbocycles. The Morgan fingerprint density at radius 1 is 1.46 bits per heavy atom. The first-order valence-corrected chi connectivity index (χ1v) is 8.86. The molecular formula is C16H20N4O3S. The number of nitrogens with zero attached hydrogens (tertiary/aromatic N) is 2. The Labute approximate surface area is 143 Å². The van der Waals surface area contributed by atoms with Crippen LogP contribution in [0.15, 0.2) is 34.2 Å². The maximum atomic E-state index is 12.1. The van der Waals surface area contributed by atoms with Crippen LogP contribution in [0.2, 0.25) is 0 Å². The number of rotatable bonds is 6. The minimum Gasteiger partial charge on any atom is -0.376 e. The quantitative estimate of drug-likeness (QED) is 0.777. The molecule has 0 saturated carbocycles. The number of carbonyl (C=O) groups is 1. The van der Waals surface area contributed by atoms with Crippen LogP contribution in [0.3, 0.4) is 0 Å². The van der Waals surface area contributed by atoms with E-state index >= 15 is 0 Å². The van der Waals surface area contributed by atoms with Crippen LogP contribution in [0.1, 0.15) is 18.4 Å². The smallest absolute Gasteiger partial charge is 0.344 e. The summed E-state index contributed by atoms with van der Waals surface area (Å²) in [5.74, 6) is 0.0481. The summed E-state index contributed by atoms with van der Waals surface area (Å²) in [6.07, 6.45) is 2.00. The Hall–Kier alpha value is -2.06. The highest BCUT2D eigenvalue weighted by Gasteiger charge is 2.20. The molecule has 3 rings (SSSR count). The molecule has 1 fully saturated rings. The molecule has 0 bridgehead atoms. The molecular weight excluding hydrogens is 328 g/mol. The van der Waals surface area contributed by atoms with Gasteiger partial charge in [-0.25, -0.2) is 9.89 Å².